The quantitative estimate of drug-likeness (QED) is 0.0988. The van der Waals surface area contributed by atoms with Gasteiger partial charge in [-0.1, -0.05) is 107 Å². The number of phenols is 3. The average molecular weight is 1500 g/mol. The van der Waals surface area contributed by atoms with Crippen molar-refractivity contribution in [2.75, 3.05) is 21.3 Å². The van der Waals surface area contributed by atoms with E-state index >= 15 is 0 Å². The molecule has 8 aromatic rings. The second-order valence-electron chi connectivity index (χ2n) is 18.8. The van der Waals surface area contributed by atoms with Crippen molar-refractivity contribution in [1.29, 1.82) is 0 Å². The van der Waals surface area contributed by atoms with Crippen LogP contribution in [-0.2, 0) is 79.6 Å². The van der Waals surface area contributed by atoms with Crippen LogP contribution in [0.15, 0.2) is 191 Å². The van der Waals surface area contributed by atoms with Gasteiger partial charge in [0.1, 0.15) is 34.5 Å². The van der Waals surface area contributed by atoms with Crippen molar-refractivity contribution in [1.82, 2.24) is 0 Å². The van der Waals surface area contributed by atoms with Crippen LogP contribution in [-0.4, -0.2) is 55.3 Å². The van der Waals surface area contributed by atoms with E-state index in [-0.39, 0.29) is 22.7 Å². The summed E-state index contributed by atoms with van der Waals surface area (Å²) in [5.74, 6) is 2.83. The first-order valence-electron chi connectivity index (χ1n) is 25.1. The summed E-state index contributed by atoms with van der Waals surface area (Å²) in [5, 5.41) is 31.3. The number of hydrogen-bond donors (Lipinski definition) is 3. The Morgan fingerprint density at radius 3 is 1.19 bits per heavy atom. The minimum atomic E-state index is -4.35. The fourth-order valence-corrected chi connectivity index (χ4v) is 7.90. The molecule has 0 atom stereocenters. The van der Waals surface area contributed by atoms with E-state index in [1.807, 2.05) is 79.7 Å². The number of phenolic OH excluding ortho intramolecular Hbond substituents is 3. The summed E-state index contributed by atoms with van der Waals surface area (Å²) in [6.07, 6.45) is 0.445. The van der Waals surface area contributed by atoms with Gasteiger partial charge >= 0.3 is 120 Å². The van der Waals surface area contributed by atoms with E-state index in [2.05, 4.69) is 91.2 Å². The van der Waals surface area contributed by atoms with Crippen molar-refractivity contribution in [3.8, 4) is 34.5 Å². The van der Waals surface area contributed by atoms with E-state index in [0.29, 0.717) is 33.7 Å². The molecule has 0 radical (unpaired) electrons. The summed E-state index contributed by atoms with van der Waals surface area (Å²) in [7, 11) is 34.5. The number of aromatic hydroxyl groups is 3. The van der Waals surface area contributed by atoms with Gasteiger partial charge in [-0.3, -0.25) is 15.0 Å². The van der Waals surface area contributed by atoms with Crippen molar-refractivity contribution in [2.45, 2.75) is 58.5 Å². The molecule has 0 aliphatic carbocycles. The van der Waals surface area contributed by atoms with Gasteiger partial charge in [-0.05, 0) is 139 Å². The summed E-state index contributed by atoms with van der Waals surface area (Å²) < 4.78 is 52.7. The molecule has 0 aromatic heterocycles. The minimum absolute atomic E-state index is 0.114. The van der Waals surface area contributed by atoms with Crippen LogP contribution >= 0.6 is 51.1 Å². The van der Waals surface area contributed by atoms with Crippen molar-refractivity contribution >= 4 is 86.8 Å². The maximum atomic E-state index is 12.4. The van der Waals surface area contributed by atoms with Gasteiger partial charge < -0.3 is 29.5 Å². The zero-order valence-corrected chi connectivity index (χ0v) is 59.2. The van der Waals surface area contributed by atoms with Crippen LogP contribution in [0.25, 0.3) is 0 Å². The van der Waals surface area contributed by atoms with Crippen LogP contribution in [0.1, 0.15) is 83.3 Å². The monoisotopic (exact) mass is 1490 g/mol. The predicted molar refractivity (Wildman–Crippen MR) is 332 cm³/mol. The topological polar surface area (TPSA) is 125 Å². The van der Waals surface area contributed by atoms with Crippen LogP contribution in [0.3, 0.4) is 0 Å². The summed E-state index contributed by atoms with van der Waals surface area (Å²) in [6.45, 7) is 12.3. The Bertz CT molecular complexity index is 3330. The number of alkyl halides is 3. The van der Waals surface area contributed by atoms with E-state index in [0.717, 1.165) is 57.3 Å². The molecule has 0 fully saturated rings. The molecule has 0 unspecified atom stereocenters. The zero-order chi connectivity index (χ0) is 62.5. The molecule has 8 rings (SSSR count). The van der Waals surface area contributed by atoms with Gasteiger partial charge in [-0.15, -0.1) is 0 Å². The Morgan fingerprint density at radius 1 is 0.393 bits per heavy atom. The first-order chi connectivity index (χ1) is 40.0. The van der Waals surface area contributed by atoms with E-state index in [1.165, 1.54) is 23.9 Å². The van der Waals surface area contributed by atoms with Crippen molar-refractivity contribution in [3.05, 3.63) is 232 Å². The number of rotatable bonds is 13. The number of aliphatic imine (C=N–C) groups is 3. The normalized spacial score (nSPS) is 11.0. The predicted octanol–water partition coefficient (Wildman–Crippen LogP) is 19.9. The number of benzene rings is 8. The average Bonchev–Trinajstić information content (AvgIpc) is 1.85. The Hall–Kier alpha value is -4.25. The Balaban J connectivity index is 0.000000324. The Kier molecular flexibility index (Phi) is 33.6. The fourth-order valence-electron chi connectivity index (χ4n) is 7.90. The van der Waals surface area contributed by atoms with Gasteiger partial charge in [-0.2, -0.15) is 13.2 Å². The molecule has 0 amide bonds. The third kappa shape index (κ3) is 23.8. The van der Waals surface area contributed by atoms with Gasteiger partial charge in [0, 0.05) is 51.7 Å². The van der Waals surface area contributed by atoms with Crippen molar-refractivity contribution in [2.24, 2.45) is 15.0 Å². The molecule has 0 aliphatic rings. The molecule has 440 valence electrons. The second kappa shape index (κ2) is 38.1. The Labute approximate surface area is 546 Å². The van der Waals surface area contributed by atoms with Gasteiger partial charge in [0.2, 0.25) is 0 Å². The SMILES string of the molecule is COc1ccc(N=Cc2cc(C(C)(C)c3ccccc3)cc(C(C)(C)c3ccccc3)c2O)cc1.COc1ccc(N=Cc2cc(OC)cc(C)c2O)cc1.Cc1cccc(C=Nc2ccc(C(F)(F)F)cc2)c1O.[Cl][Zr][Cl].[Cl][Zr][Cl].[Cl][Zr][Cl]. The van der Waals surface area contributed by atoms with Crippen LogP contribution in [0.5, 0.6) is 34.5 Å². The first kappa shape index (κ1) is 74.0. The summed E-state index contributed by atoms with van der Waals surface area (Å²) in [6, 6.07) is 53.2. The molecule has 9 nitrogen and oxygen atoms in total. The van der Waals surface area contributed by atoms with Gasteiger partial charge in [0.15, 0.2) is 0 Å². The molecule has 0 saturated carbocycles. The van der Waals surface area contributed by atoms with Crippen LogP contribution in [0.4, 0.5) is 30.2 Å². The number of halogens is 9. The number of methoxy groups -OCH3 is 3. The number of nitrogens with zero attached hydrogens (tertiary/aromatic N) is 3. The molecular weight excluding hydrogens is 1440 g/mol. The molecule has 0 saturated heterocycles. The third-order valence-corrected chi connectivity index (χ3v) is 12.7. The summed E-state index contributed by atoms with van der Waals surface area (Å²) in [5.41, 5.74) is 8.23. The first-order valence-corrected chi connectivity index (χ1v) is 44.1. The van der Waals surface area contributed by atoms with Crippen LogP contribution in [0, 0.1) is 13.8 Å². The van der Waals surface area contributed by atoms with Crippen molar-refractivity contribution in [3.63, 3.8) is 0 Å². The van der Waals surface area contributed by atoms with E-state index < -0.39 is 79.7 Å². The van der Waals surface area contributed by atoms with Gasteiger partial charge in [-0.25, -0.2) is 0 Å². The number of aryl methyl sites for hydroxylation is 2. The molecule has 0 aliphatic heterocycles. The molecule has 21 heteroatoms. The maximum absolute atomic E-state index is 12.4. The van der Waals surface area contributed by atoms with E-state index in [9.17, 15) is 28.5 Å². The van der Waals surface area contributed by atoms with Crippen LogP contribution < -0.4 is 14.2 Å². The van der Waals surface area contributed by atoms with Gasteiger partial charge in [0.05, 0.1) is 44.0 Å². The summed E-state index contributed by atoms with van der Waals surface area (Å²) >= 11 is -2.48. The molecule has 8 aromatic carbocycles. The fraction of sp³-hybridized carbons (Fsp3) is 0.190. The van der Waals surface area contributed by atoms with E-state index in [1.54, 1.807) is 71.0 Å². The third-order valence-electron chi connectivity index (χ3n) is 12.7. The number of hydrogen-bond acceptors (Lipinski definition) is 9. The second-order valence-corrected chi connectivity index (χ2v) is 30.0. The molecule has 0 bridgehead atoms. The summed E-state index contributed by atoms with van der Waals surface area (Å²) in [4.78, 5) is 13.0. The number of ether oxygens (including phenoxy) is 3. The molecule has 0 heterocycles. The molecule has 84 heavy (non-hydrogen) atoms. The van der Waals surface area contributed by atoms with E-state index in [4.69, 9.17) is 65.3 Å². The standard InChI is InChI=1S/C32H33NO2.C16H17NO3.C15H12F3NO.6ClH.3Zr/c1-31(2,24-12-8-6-9-13-24)26-20-23(22-33-27-16-18-28(35-5)19-17-27)30(34)29(21-26)32(3,4)25-14-10-7-11-15-25;1-11-8-15(20-3)9-12(16(11)18)10-17-13-4-6-14(19-2)7-5-13;1-10-3-2-4-11(14(10)20)9-19-13-7-5-12(6-8-13)15(16,17)18;;;;;;;;;/h6-22,34H,1-5H3;4-10,18H,1-3H3;2-9,20H,1H3;6*1H;;;/q;;;;;;;;;3*+2/p-6. The molecule has 0 spiro atoms. The number of para-hydroxylation sites is 1. The van der Waals surface area contributed by atoms with Gasteiger partial charge in [0.25, 0.3) is 0 Å². The van der Waals surface area contributed by atoms with Crippen LogP contribution in [0.2, 0.25) is 0 Å². The zero-order valence-electron chi connectivity index (χ0n) is 47.3. The molecule has 3 N–H and O–H groups in total. The van der Waals surface area contributed by atoms with Crippen molar-refractivity contribution < 1.29 is 105 Å². The molecular formula is C63H62Cl6F3N3O6Zr3. The Morgan fingerprint density at radius 2 is 0.774 bits per heavy atom.